The van der Waals surface area contributed by atoms with E-state index in [4.69, 9.17) is 33.2 Å². The van der Waals surface area contributed by atoms with Crippen molar-refractivity contribution in [2.24, 2.45) is 5.92 Å². The molecule has 0 saturated carbocycles. The predicted octanol–water partition coefficient (Wildman–Crippen LogP) is 20.6. The second-order valence-corrected chi connectivity index (χ2v) is 24.2. The molecular weight excluding hydrogens is 1160 g/mol. The molecule has 470 valence electrons. The van der Waals surface area contributed by atoms with Crippen molar-refractivity contribution < 1.29 is 33.2 Å². The average Bonchev–Trinajstić information content (AvgIpc) is 1.55. The zero-order valence-electron chi connectivity index (χ0n) is 54.5. The van der Waals surface area contributed by atoms with Crippen molar-refractivity contribution in [3.8, 4) is 56.8 Å². The molecule has 0 aromatic heterocycles. The Bertz CT molecular complexity index is 4440. The molecule has 11 nitrogen and oxygen atoms in total. The quantitative estimate of drug-likeness (QED) is 0.0732. The van der Waals surface area contributed by atoms with Crippen LogP contribution < -0.4 is 48.0 Å². The van der Waals surface area contributed by atoms with E-state index in [1.54, 1.807) is 49.8 Å². The van der Waals surface area contributed by atoms with Gasteiger partial charge in [0, 0.05) is 87.2 Å². The zero-order chi connectivity index (χ0) is 64.6. The lowest BCUT2D eigenvalue weighted by Gasteiger charge is -2.33. The number of rotatable bonds is 20. The summed E-state index contributed by atoms with van der Waals surface area (Å²) in [6.45, 7) is 4.57. The zero-order valence-corrected chi connectivity index (χ0v) is 54.5. The van der Waals surface area contributed by atoms with Crippen molar-refractivity contribution in [2.45, 2.75) is 44.6 Å². The molecule has 4 aliphatic carbocycles. The third-order valence-corrected chi connectivity index (χ3v) is 19.1. The lowest BCUT2D eigenvalue weighted by molar-refractivity contribution is 0.142. The maximum absolute atomic E-state index is 5.87. The van der Waals surface area contributed by atoms with Crippen LogP contribution in [0.1, 0.15) is 60.8 Å². The second kappa shape index (κ2) is 26.0. The highest BCUT2D eigenvalue weighted by Gasteiger charge is 2.43. The van der Waals surface area contributed by atoms with Gasteiger partial charge in [0.2, 0.25) is 0 Å². The standard InChI is InChI=1S/C83H76N4O7/c1-53-10-11-62(48-54(53)2)87(61-24-42-73(94-9)43-25-61)66-29-47-77-76-46-28-65(86(59-20-38-71(92-7)39-21-59)60-22-40-72(93-8)41-23-60)51-80(76)83(81(77)52-66)82-78-49-63(84(55-12-30-67(88-3)31-13-55)56-14-32-68(89-4)33-15-56)26-44-74(78)75-45-27-64(50-79(75)82)85(57-16-34-69(90-5)35-17-57)58-18-36-70(91-6)37-19-58/h10-36,38-47,49-52,54,70,82-83H,37,48H2,1-9H3. The van der Waals surface area contributed by atoms with Gasteiger partial charge in [0.15, 0.2) is 0 Å². The van der Waals surface area contributed by atoms with Crippen molar-refractivity contribution in [3.05, 3.63) is 288 Å². The smallest absolute Gasteiger partial charge is 0.119 e. The van der Waals surface area contributed by atoms with Gasteiger partial charge in [0.1, 0.15) is 34.5 Å². The number of nitrogens with zero attached hydrogens (tertiary/aromatic N) is 4. The fraction of sp³-hybridized carbons (Fsp3) is 0.181. The van der Waals surface area contributed by atoms with Gasteiger partial charge in [-0.25, -0.2) is 0 Å². The van der Waals surface area contributed by atoms with Crippen molar-refractivity contribution in [1.29, 1.82) is 0 Å². The van der Waals surface area contributed by atoms with Gasteiger partial charge >= 0.3 is 0 Å². The Hall–Kier alpha value is -10.9. The summed E-state index contributed by atoms with van der Waals surface area (Å²) in [5, 5.41) is 0. The molecule has 0 fully saturated rings. The van der Waals surface area contributed by atoms with Crippen molar-refractivity contribution in [3.63, 3.8) is 0 Å². The molecule has 11 heteroatoms. The van der Waals surface area contributed by atoms with E-state index >= 15 is 0 Å². The summed E-state index contributed by atoms with van der Waals surface area (Å²) in [6.07, 6.45) is 12.8. The van der Waals surface area contributed by atoms with Crippen LogP contribution in [0.2, 0.25) is 0 Å². The SMILES string of the molecule is COc1ccc(N(C2=CCC(OC)C=C2)c2ccc3c(c2)C(C2c4cc(N(C5=CC=C(C)C(C)C5)c5ccc(OC)cc5)ccc4-c4ccc(N(c5ccc(OC)cc5)c5ccc(OC)cc5)cc42)c2cc(N(c4ccc(OC)cc4)c4ccc(OC)cc4)ccc2-3)cc1. The molecule has 0 radical (unpaired) electrons. The lowest BCUT2D eigenvalue weighted by atomic mass is 9.78. The molecule has 4 unspecified atom stereocenters. The van der Waals surface area contributed by atoms with E-state index in [1.165, 1.54) is 55.8 Å². The molecule has 94 heavy (non-hydrogen) atoms. The number of hydrogen-bond donors (Lipinski definition) is 0. The normalized spacial score (nSPS) is 16.5. The highest BCUT2D eigenvalue weighted by molar-refractivity contribution is 5.92. The maximum Gasteiger partial charge on any atom is 0.119 e. The van der Waals surface area contributed by atoms with Crippen LogP contribution in [-0.4, -0.2) is 55.9 Å². The van der Waals surface area contributed by atoms with Gasteiger partial charge < -0.3 is 52.8 Å². The molecule has 10 aromatic carbocycles. The molecule has 4 atom stereocenters. The van der Waals surface area contributed by atoms with Gasteiger partial charge in [-0.3, -0.25) is 0 Å². The molecule has 0 heterocycles. The van der Waals surface area contributed by atoms with Crippen LogP contribution in [-0.2, 0) is 4.74 Å². The van der Waals surface area contributed by atoms with Crippen LogP contribution in [0.5, 0.6) is 34.5 Å². The van der Waals surface area contributed by atoms with Gasteiger partial charge in [-0.05, 0) is 276 Å². The van der Waals surface area contributed by atoms with E-state index in [2.05, 4.69) is 222 Å². The second-order valence-electron chi connectivity index (χ2n) is 24.2. The molecule has 0 saturated heterocycles. The van der Waals surface area contributed by atoms with Gasteiger partial charge in [-0.15, -0.1) is 0 Å². The van der Waals surface area contributed by atoms with Crippen LogP contribution in [0.4, 0.5) is 56.9 Å². The Morgan fingerprint density at radius 3 is 0.904 bits per heavy atom. The lowest BCUT2D eigenvalue weighted by Crippen LogP contribution is -2.21. The predicted molar refractivity (Wildman–Crippen MR) is 382 cm³/mol. The first-order valence-electron chi connectivity index (χ1n) is 32.0. The van der Waals surface area contributed by atoms with Crippen LogP contribution in [0, 0.1) is 5.92 Å². The molecule has 0 aliphatic heterocycles. The van der Waals surface area contributed by atoms with Crippen LogP contribution in [0.25, 0.3) is 22.3 Å². The third kappa shape index (κ3) is 11.4. The molecule has 0 spiro atoms. The third-order valence-electron chi connectivity index (χ3n) is 19.1. The van der Waals surface area contributed by atoms with E-state index in [0.717, 1.165) is 110 Å². The first-order chi connectivity index (χ1) is 46.1. The summed E-state index contributed by atoms with van der Waals surface area (Å²) in [7, 11) is 12.0. The van der Waals surface area contributed by atoms with E-state index in [9.17, 15) is 0 Å². The number of benzene rings is 10. The van der Waals surface area contributed by atoms with E-state index in [-0.39, 0.29) is 17.9 Å². The number of anilines is 10. The highest BCUT2D eigenvalue weighted by Crippen LogP contribution is 2.61. The summed E-state index contributed by atoms with van der Waals surface area (Å²) in [5.41, 5.74) is 23.4. The number of hydrogen-bond acceptors (Lipinski definition) is 11. The van der Waals surface area contributed by atoms with Gasteiger partial charge in [0.05, 0.1) is 48.8 Å². The Morgan fingerprint density at radius 1 is 0.330 bits per heavy atom. The van der Waals surface area contributed by atoms with Gasteiger partial charge in [-0.1, -0.05) is 55.0 Å². The van der Waals surface area contributed by atoms with Gasteiger partial charge in [-0.2, -0.15) is 0 Å². The van der Waals surface area contributed by atoms with Gasteiger partial charge in [0.25, 0.3) is 0 Å². The molecule has 4 aliphatic rings. The number of ether oxygens (including phenoxy) is 7. The first kappa shape index (κ1) is 60.7. The fourth-order valence-corrected chi connectivity index (χ4v) is 14.1. The Morgan fingerprint density at radius 2 is 0.617 bits per heavy atom. The minimum absolute atomic E-state index is 0.0216. The molecule has 0 amide bonds. The number of allylic oxidation sites excluding steroid dienone is 5. The molecule has 10 aromatic rings. The largest absolute Gasteiger partial charge is 0.497 e. The van der Waals surface area contributed by atoms with Crippen LogP contribution in [0.15, 0.2) is 266 Å². The first-order valence-corrected chi connectivity index (χ1v) is 32.0. The van der Waals surface area contributed by atoms with Crippen LogP contribution >= 0.6 is 0 Å². The monoisotopic (exact) mass is 1240 g/mol. The number of fused-ring (bicyclic) bond motifs is 6. The van der Waals surface area contributed by atoms with E-state index < -0.39 is 0 Å². The van der Waals surface area contributed by atoms with Crippen LogP contribution in [0.3, 0.4) is 0 Å². The van der Waals surface area contributed by atoms with E-state index in [0.29, 0.717) is 5.92 Å². The summed E-state index contributed by atoms with van der Waals surface area (Å²) in [5.74, 6) is 4.60. The average molecular weight is 1240 g/mol. The minimum Gasteiger partial charge on any atom is -0.497 e. The summed E-state index contributed by atoms with van der Waals surface area (Å²) in [4.78, 5) is 9.50. The maximum atomic E-state index is 5.87. The fourth-order valence-electron chi connectivity index (χ4n) is 14.1. The number of methoxy groups -OCH3 is 7. The Labute approximate surface area is 551 Å². The van der Waals surface area contributed by atoms with Crippen molar-refractivity contribution in [2.75, 3.05) is 69.4 Å². The summed E-state index contributed by atoms with van der Waals surface area (Å²) < 4.78 is 40.3. The highest BCUT2D eigenvalue weighted by atomic mass is 16.5. The summed E-state index contributed by atoms with van der Waals surface area (Å²) in [6, 6.07) is 78.6. The topological polar surface area (TPSA) is 77.6 Å². The molecule has 14 rings (SSSR count). The van der Waals surface area contributed by atoms with Crippen molar-refractivity contribution >= 4 is 56.9 Å². The molecule has 0 N–H and O–H groups in total. The Balaban J connectivity index is 1.04. The minimum atomic E-state index is -0.236. The van der Waals surface area contributed by atoms with Crippen molar-refractivity contribution in [1.82, 2.24) is 0 Å². The van der Waals surface area contributed by atoms with E-state index in [1.807, 2.05) is 60.7 Å². The Kier molecular flexibility index (Phi) is 16.8. The molecule has 0 bridgehead atoms. The molecular formula is C83H76N4O7. The summed E-state index contributed by atoms with van der Waals surface area (Å²) >= 11 is 0.